The molecular weight excluding hydrogens is 218 g/mol. The summed E-state index contributed by atoms with van der Waals surface area (Å²) in [6, 6.07) is -0.637. The number of carbonyl (C=O) groups is 2. The lowest BCUT2D eigenvalue weighted by atomic mass is 10.2. The molecule has 0 radical (unpaired) electrons. The lowest BCUT2D eigenvalue weighted by Gasteiger charge is -2.22. The maximum absolute atomic E-state index is 11.6. The monoisotopic (exact) mass is 241 g/mol. The molecule has 0 saturated carbocycles. The zero-order valence-electron chi connectivity index (χ0n) is 11.6. The fraction of sp³-hybridized carbons (Fsp3) is 0.692. The van der Waals surface area contributed by atoms with Crippen molar-refractivity contribution in [1.29, 1.82) is 0 Å². The van der Waals surface area contributed by atoms with Gasteiger partial charge in [-0.05, 0) is 41.0 Å². The van der Waals surface area contributed by atoms with Crippen molar-refractivity contribution < 1.29 is 14.3 Å². The van der Waals surface area contributed by atoms with Crippen molar-refractivity contribution in [1.82, 2.24) is 5.32 Å². The Hall–Kier alpha value is -1.32. The number of hydrogen-bond acceptors (Lipinski definition) is 3. The predicted molar refractivity (Wildman–Crippen MR) is 67.5 cm³/mol. The molecular formula is C13H23NO3. The first-order chi connectivity index (χ1) is 7.67. The molecule has 98 valence electrons. The Bertz CT molecular complexity index is 313. The van der Waals surface area contributed by atoms with Gasteiger partial charge in [-0.2, -0.15) is 0 Å². The molecule has 0 aromatic rings. The van der Waals surface area contributed by atoms with Crippen LogP contribution in [0.5, 0.6) is 0 Å². The summed E-state index contributed by atoms with van der Waals surface area (Å²) in [5.41, 5.74) is 0.0765. The Kier molecular flexibility index (Phi) is 5.93. The second-order valence-electron chi connectivity index (χ2n) is 5.02. The standard InChI is InChI=1S/C13H23NO3/c1-7-8-9(2)11(15)14-10(3)12(16)17-13(4,5)6/h8,10H,7H2,1-6H3,(H,14,15)/b9-8-/t10-/m0/s1. The number of carbonyl (C=O) groups excluding carboxylic acids is 2. The summed E-state index contributed by atoms with van der Waals surface area (Å²) in [5, 5.41) is 2.61. The van der Waals surface area contributed by atoms with Crippen LogP contribution in [0.25, 0.3) is 0 Å². The minimum atomic E-state index is -0.637. The van der Waals surface area contributed by atoms with Gasteiger partial charge in [-0.15, -0.1) is 0 Å². The smallest absolute Gasteiger partial charge is 0.328 e. The van der Waals surface area contributed by atoms with E-state index in [0.29, 0.717) is 5.57 Å². The molecule has 1 atom stereocenters. The van der Waals surface area contributed by atoms with Crippen LogP contribution in [0.3, 0.4) is 0 Å². The van der Waals surface area contributed by atoms with E-state index in [2.05, 4.69) is 5.32 Å². The van der Waals surface area contributed by atoms with Gasteiger partial charge in [-0.25, -0.2) is 4.79 Å². The van der Waals surface area contributed by atoms with E-state index < -0.39 is 17.6 Å². The van der Waals surface area contributed by atoms with Crippen molar-refractivity contribution in [3.05, 3.63) is 11.6 Å². The second kappa shape index (κ2) is 6.42. The highest BCUT2D eigenvalue weighted by atomic mass is 16.6. The van der Waals surface area contributed by atoms with Gasteiger partial charge in [0.15, 0.2) is 0 Å². The lowest BCUT2D eigenvalue weighted by Crippen LogP contribution is -2.42. The minimum Gasteiger partial charge on any atom is -0.458 e. The molecule has 0 saturated heterocycles. The van der Waals surface area contributed by atoms with Crippen molar-refractivity contribution in [3.8, 4) is 0 Å². The van der Waals surface area contributed by atoms with E-state index in [1.807, 2.05) is 13.0 Å². The number of ether oxygens (including phenoxy) is 1. The van der Waals surface area contributed by atoms with Gasteiger partial charge in [0.1, 0.15) is 11.6 Å². The molecule has 0 aliphatic rings. The van der Waals surface area contributed by atoms with Crippen LogP contribution in [-0.4, -0.2) is 23.5 Å². The van der Waals surface area contributed by atoms with Gasteiger partial charge in [0.05, 0.1) is 0 Å². The maximum Gasteiger partial charge on any atom is 0.328 e. The van der Waals surface area contributed by atoms with Gasteiger partial charge in [-0.1, -0.05) is 13.0 Å². The van der Waals surface area contributed by atoms with Crippen LogP contribution in [0.2, 0.25) is 0 Å². The first-order valence-electron chi connectivity index (χ1n) is 5.88. The number of amides is 1. The average Bonchev–Trinajstić information content (AvgIpc) is 2.15. The Morgan fingerprint density at radius 2 is 1.88 bits per heavy atom. The zero-order chi connectivity index (χ0) is 13.6. The van der Waals surface area contributed by atoms with Crippen LogP contribution in [0.1, 0.15) is 48.0 Å². The molecule has 17 heavy (non-hydrogen) atoms. The molecule has 0 aromatic heterocycles. The number of hydrogen-bond donors (Lipinski definition) is 1. The van der Waals surface area contributed by atoms with Crippen LogP contribution < -0.4 is 5.32 Å². The predicted octanol–water partition coefficient (Wildman–Crippen LogP) is 2.19. The molecule has 4 nitrogen and oxygen atoms in total. The SMILES string of the molecule is CC/C=C(/C)C(=O)N[C@@H](C)C(=O)OC(C)(C)C. The van der Waals surface area contributed by atoms with Gasteiger partial charge in [0.2, 0.25) is 5.91 Å². The number of nitrogens with one attached hydrogen (secondary N) is 1. The van der Waals surface area contributed by atoms with Gasteiger partial charge < -0.3 is 10.1 Å². The maximum atomic E-state index is 11.6. The molecule has 0 rings (SSSR count). The van der Waals surface area contributed by atoms with Crippen LogP contribution in [0.15, 0.2) is 11.6 Å². The highest BCUT2D eigenvalue weighted by Gasteiger charge is 2.23. The largest absolute Gasteiger partial charge is 0.458 e. The molecule has 0 aromatic carbocycles. The van der Waals surface area contributed by atoms with Gasteiger partial charge in [0.25, 0.3) is 0 Å². The van der Waals surface area contributed by atoms with Crippen molar-refractivity contribution in [3.63, 3.8) is 0 Å². The normalized spacial score (nSPS) is 14.1. The third kappa shape index (κ3) is 6.76. The van der Waals surface area contributed by atoms with Crippen LogP contribution in [0.4, 0.5) is 0 Å². The summed E-state index contributed by atoms with van der Waals surface area (Å²) in [5.74, 6) is -0.652. The Morgan fingerprint density at radius 1 is 1.35 bits per heavy atom. The third-order valence-corrected chi connectivity index (χ3v) is 1.98. The summed E-state index contributed by atoms with van der Waals surface area (Å²) in [6.07, 6.45) is 2.61. The van der Waals surface area contributed by atoms with Gasteiger partial charge in [-0.3, -0.25) is 4.79 Å². The van der Waals surface area contributed by atoms with Crippen LogP contribution >= 0.6 is 0 Å². The molecule has 0 fully saturated rings. The molecule has 0 heterocycles. The molecule has 0 aliphatic heterocycles. The molecule has 0 bridgehead atoms. The van der Waals surface area contributed by atoms with Crippen LogP contribution in [-0.2, 0) is 14.3 Å². The van der Waals surface area contributed by atoms with E-state index in [4.69, 9.17) is 4.74 Å². The first-order valence-corrected chi connectivity index (χ1v) is 5.88. The van der Waals surface area contributed by atoms with E-state index in [1.54, 1.807) is 34.6 Å². The van der Waals surface area contributed by atoms with Crippen molar-refractivity contribution >= 4 is 11.9 Å². The molecule has 1 N–H and O–H groups in total. The lowest BCUT2D eigenvalue weighted by molar-refractivity contribution is -0.157. The fourth-order valence-electron chi connectivity index (χ4n) is 1.16. The summed E-state index contributed by atoms with van der Waals surface area (Å²) in [7, 11) is 0. The summed E-state index contributed by atoms with van der Waals surface area (Å²) in [4.78, 5) is 23.2. The van der Waals surface area contributed by atoms with Gasteiger partial charge >= 0.3 is 5.97 Å². The fourth-order valence-corrected chi connectivity index (χ4v) is 1.16. The Morgan fingerprint density at radius 3 is 2.29 bits per heavy atom. The molecule has 0 aliphatic carbocycles. The summed E-state index contributed by atoms with van der Waals surface area (Å²) in [6.45, 7) is 10.7. The zero-order valence-corrected chi connectivity index (χ0v) is 11.6. The minimum absolute atomic E-state index is 0.231. The van der Waals surface area contributed by atoms with Gasteiger partial charge in [0, 0.05) is 5.57 Å². The van der Waals surface area contributed by atoms with E-state index in [-0.39, 0.29) is 5.91 Å². The molecule has 4 heteroatoms. The van der Waals surface area contributed by atoms with Crippen molar-refractivity contribution in [2.75, 3.05) is 0 Å². The van der Waals surface area contributed by atoms with Crippen molar-refractivity contribution in [2.24, 2.45) is 0 Å². The second-order valence-corrected chi connectivity index (χ2v) is 5.02. The highest BCUT2D eigenvalue weighted by molar-refractivity contribution is 5.95. The highest BCUT2D eigenvalue weighted by Crippen LogP contribution is 2.08. The van der Waals surface area contributed by atoms with E-state index in [1.165, 1.54) is 0 Å². The third-order valence-electron chi connectivity index (χ3n) is 1.98. The first kappa shape index (κ1) is 15.7. The molecule has 0 unspecified atom stereocenters. The van der Waals surface area contributed by atoms with E-state index in [9.17, 15) is 9.59 Å². The quantitative estimate of drug-likeness (QED) is 0.606. The summed E-state index contributed by atoms with van der Waals surface area (Å²) < 4.78 is 5.17. The number of esters is 1. The number of allylic oxidation sites excluding steroid dienone is 1. The molecule has 1 amide bonds. The van der Waals surface area contributed by atoms with Crippen molar-refractivity contribution in [2.45, 2.75) is 59.6 Å². The number of rotatable bonds is 4. The van der Waals surface area contributed by atoms with E-state index in [0.717, 1.165) is 6.42 Å². The topological polar surface area (TPSA) is 55.4 Å². The summed E-state index contributed by atoms with van der Waals surface area (Å²) >= 11 is 0. The average molecular weight is 241 g/mol. The van der Waals surface area contributed by atoms with Crippen LogP contribution in [0, 0.1) is 0 Å². The van der Waals surface area contributed by atoms with E-state index >= 15 is 0 Å². The Balaban J connectivity index is 4.36. The molecule has 0 spiro atoms. The Labute approximate surface area is 103 Å².